The zero-order chi connectivity index (χ0) is 16.0. The third kappa shape index (κ3) is 6.13. The van der Waals surface area contributed by atoms with Gasteiger partial charge < -0.3 is 5.32 Å². The van der Waals surface area contributed by atoms with Crippen molar-refractivity contribution < 1.29 is 0 Å². The summed E-state index contributed by atoms with van der Waals surface area (Å²) in [5.41, 5.74) is 4.02. The number of aryl methyl sites for hydroxylation is 2. The van der Waals surface area contributed by atoms with E-state index in [2.05, 4.69) is 53.8 Å². The van der Waals surface area contributed by atoms with Gasteiger partial charge >= 0.3 is 0 Å². The number of aromatic nitrogens is 2. The molecule has 0 saturated heterocycles. The highest BCUT2D eigenvalue weighted by molar-refractivity contribution is 5.27. The Balaban J connectivity index is 2.95. The fraction of sp³-hybridized carbons (Fsp3) is 0.778. The van der Waals surface area contributed by atoms with Crippen molar-refractivity contribution >= 4 is 0 Å². The van der Waals surface area contributed by atoms with Crippen molar-refractivity contribution in [3.63, 3.8) is 0 Å². The highest BCUT2D eigenvalue weighted by atomic mass is 14.9. The van der Waals surface area contributed by atoms with Crippen LogP contribution in [0.4, 0.5) is 0 Å². The van der Waals surface area contributed by atoms with E-state index in [1.807, 2.05) is 0 Å². The highest BCUT2D eigenvalue weighted by Gasteiger charge is 2.14. The van der Waals surface area contributed by atoms with Crippen LogP contribution in [0.25, 0.3) is 0 Å². The lowest BCUT2D eigenvalue weighted by Gasteiger charge is -2.21. The summed E-state index contributed by atoms with van der Waals surface area (Å²) in [6.45, 7) is 16.4. The Kier molecular flexibility index (Phi) is 6.79. The normalized spacial score (nSPS) is 12.2. The first kappa shape index (κ1) is 18.1. The number of nitrogens with one attached hydrogen (secondary N) is 1. The fourth-order valence-corrected chi connectivity index (χ4v) is 2.53. The van der Waals surface area contributed by atoms with Crippen molar-refractivity contribution in [3.8, 4) is 0 Å². The summed E-state index contributed by atoms with van der Waals surface area (Å²) in [6, 6.07) is 0. The molecule has 0 saturated carbocycles. The monoisotopic (exact) mass is 291 g/mol. The Morgan fingerprint density at radius 1 is 1.00 bits per heavy atom. The molecule has 21 heavy (non-hydrogen) atoms. The Bertz CT molecular complexity index is 419. The van der Waals surface area contributed by atoms with E-state index in [9.17, 15) is 0 Å². The van der Waals surface area contributed by atoms with E-state index in [0.29, 0.717) is 5.92 Å². The first-order valence-electron chi connectivity index (χ1n) is 8.39. The van der Waals surface area contributed by atoms with Gasteiger partial charge in [-0.2, -0.15) is 0 Å². The molecular formula is C18H33N3. The molecule has 0 unspecified atom stereocenters. The molecule has 120 valence electrons. The zero-order valence-corrected chi connectivity index (χ0v) is 15.0. The van der Waals surface area contributed by atoms with Gasteiger partial charge in [-0.3, -0.25) is 0 Å². The van der Waals surface area contributed by atoms with Gasteiger partial charge in [-0.15, -0.1) is 0 Å². The van der Waals surface area contributed by atoms with Crippen LogP contribution in [-0.2, 0) is 25.7 Å². The van der Waals surface area contributed by atoms with Crippen molar-refractivity contribution in [2.45, 2.75) is 79.7 Å². The van der Waals surface area contributed by atoms with Crippen molar-refractivity contribution in [2.24, 2.45) is 5.92 Å². The van der Waals surface area contributed by atoms with E-state index in [-0.39, 0.29) is 5.54 Å². The van der Waals surface area contributed by atoms with Crippen LogP contribution in [0.5, 0.6) is 0 Å². The van der Waals surface area contributed by atoms with E-state index < -0.39 is 0 Å². The minimum absolute atomic E-state index is 0.164. The van der Waals surface area contributed by atoms with Crippen molar-refractivity contribution in [1.82, 2.24) is 15.3 Å². The molecule has 0 aliphatic heterocycles. The standard InChI is InChI=1S/C18H33N3/c1-8-15-14(10-11-19-18(5,6)7)16(9-2)21-17(20-15)12-13(3)4/h13,19H,8-12H2,1-7H3. The first-order valence-corrected chi connectivity index (χ1v) is 8.39. The molecule has 0 amide bonds. The third-order valence-corrected chi connectivity index (χ3v) is 3.52. The van der Waals surface area contributed by atoms with Gasteiger partial charge in [0.1, 0.15) is 5.82 Å². The van der Waals surface area contributed by atoms with Gasteiger partial charge in [0, 0.05) is 23.3 Å². The molecule has 1 aromatic heterocycles. The maximum Gasteiger partial charge on any atom is 0.129 e. The molecule has 0 fully saturated rings. The Morgan fingerprint density at radius 2 is 1.52 bits per heavy atom. The average Bonchev–Trinajstić information content (AvgIpc) is 2.37. The summed E-state index contributed by atoms with van der Waals surface area (Å²) in [7, 11) is 0. The molecular weight excluding hydrogens is 258 g/mol. The van der Waals surface area contributed by atoms with E-state index in [1.54, 1.807) is 0 Å². The van der Waals surface area contributed by atoms with Crippen molar-refractivity contribution in [3.05, 3.63) is 22.8 Å². The smallest absolute Gasteiger partial charge is 0.129 e. The molecule has 0 aliphatic carbocycles. The second-order valence-electron chi connectivity index (χ2n) is 7.24. The SMILES string of the molecule is CCc1nc(CC(C)C)nc(CC)c1CCNC(C)(C)C. The zero-order valence-electron chi connectivity index (χ0n) is 15.0. The minimum atomic E-state index is 0.164. The van der Waals surface area contributed by atoms with Gasteiger partial charge in [-0.1, -0.05) is 27.7 Å². The molecule has 3 nitrogen and oxygen atoms in total. The lowest BCUT2D eigenvalue weighted by Crippen LogP contribution is -2.37. The molecule has 0 spiro atoms. The Morgan fingerprint density at radius 3 is 1.90 bits per heavy atom. The van der Waals surface area contributed by atoms with Crippen LogP contribution < -0.4 is 5.32 Å². The summed E-state index contributed by atoms with van der Waals surface area (Å²) < 4.78 is 0. The van der Waals surface area contributed by atoms with Crippen LogP contribution in [0.1, 0.15) is 71.2 Å². The van der Waals surface area contributed by atoms with Crippen LogP contribution in [-0.4, -0.2) is 22.1 Å². The number of nitrogens with zero attached hydrogens (tertiary/aromatic N) is 2. The predicted molar refractivity (Wildman–Crippen MR) is 90.8 cm³/mol. The maximum absolute atomic E-state index is 4.82. The van der Waals surface area contributed by atoms with E-state index in [1.165, 1.54) is 17.0 Å². The van der Waals surface area contributed by atoms with Gasteiger partial charge in [0.25, 0.3) is 0 Å². The van der Waals surface area contributed by atoms with Gasteiger partial charge in [-0.05, 0) is 58.1 Å². The summed E-state index contributed by atoms with van der Waals surface area (Å²) in [4.78, 5) is 9.63. The first-order chi connectivity index (χ1) is 9.76. The lowest BCUT2D eigenvalue weighted by molar-refractivity contribution is 0.428. The quantitative estimate of drug-likeness (QED) is 0.832. The summed E-state index contributed by atoms with van der Waals surface area (Å²) in [6.07, 6.45) is 3.98. The molecule has 0 aliphatic rings. The molecule has 1 rings (SSSR count). The van der Waals surface area contributed by atoms with Crippen LogP contribution in [0.3, 0.4) is 0 Å². The highest BCUT2D eigenvalue weighted by Crippen LogP contribution is 2.16. The third-order valence-electron chi connectivity index (χ3n) is 3.52. The van der Waals surface area contributed by atoms with Crippen LogP contribution in [0.15, 0.2) is 0 Å². The predicted octanol–water partition coefficient (Wildman–Crippen LogP) is 3.73. The summed E-state index contributed by atoms with van der Waals surface area (Å²) in [5.74, 6) is 1.62. The molecule has 1 N–H and O–H groups in total. The largest absolute Gasteiger partial charge is 0.312 e. The van der Waals surface area contributed by atoms with E-state index in [4.69, 9.17) is 9.97 Å². The van der Waals surface area contributed by atoms with Crippen LogP contribution in [0.2, 0.25) is 0 Å². The molecule has 0 atom stereocenters. The summed E-state index contributed by atoms with van der Waals surface area (Å²) >= 11 is 0. The average molecular weight is 291 g/mol. The second kappa shape index (κ2) is 7.88. The molecule has 1 aromatic rings. The summed E-state index contributed by atoms with van der Waals surface area (Å²) in [5, 5.41) is 3.56. The van der Waals surface area contributed by atoms with Gasteiger partial charge in [-0.25, -0.2) is 9.97 Å². The van der Waals surface area contributed by atoms with Gasteiger partial charge in [0.2, 0.25) is 0 Å². The van der Waals surface area contributed by atoms with Crippen molar-refractivity contribution in [1.29, 1.82) is 0 Å². The Labute approximate surface area is 131 Å². The minimum Gasteiger partial charge on any atom is -0.312 e. The van der Waals surface area contributed by atoms with Crippen molar-refractivity contribution in [2.75, 3.05) is 6.54 Å². The van der Waals surface area contributed by atoms with Gasteiger partial charge in [0.15, 0.2) is 0 Å². The van der Waals surface area contributed by atoms with E-state index >= 15 is 0 Å². The lowest BCUT2D eigenvalue weighted by atomic mass is 10.0. The molecule has 0 aromatic carbocycles. The van der Waals surface area contributed by atoms with Crippen LogP contribution in [0, 0.1) is 5.92 Å². The molecule has 1 heterocycles. The maximum atomic E-state index is 4.82. The Hall–Kier alpha value is -0.960. The van der Waals surface area contributed by atoms with E-state index in [0.717, 1.165) is 38.1 Å². The molecule has 0 bridgehead atoms. The second-order valence-corrected chi connectivity index (χ2v) is 7.24. The number of rotatable bonds is 7. The van der Waals surface area contributed by atoms with Crippen LogP contribution >= 0.6 is 0 Å². The molecule has 3 heteroatoms. The topological polar surface area (TPSA) is 37.8 Å². The number of hydrogen-bond donors (Lipinski definition) is 1. The number of hydrogen-bond acceptors (Lipinski definition) is 3. The fourth-order valence-electron chi connectivity index (χ4n) is 2.53. The molecule has 0 radical (unpaired) electrons. The van der Waals surface area contributed by atoms with Gasteiger partial charge in [0.05, 0.1) is 0 Å².